The zero-order chi connectivity index (χ0) is 17.1. The quantitative estimate of drug-likeness (QED) is 0.563. The van der Waals surface area contributed by atoms with Gasteiger partial charge in [-0.15, -0.1) is 0 Å². The summed E-state index contributed by atoms with van der Waals surface area (Å²) in [5.41, 5.74) is 5.02. The van der Waals surface area contributed by atoms with Crippen molar-refractivity contribution in [1.29, 1.82) is 5.41 Å². The van der Waals surface area contributed by atoms with Crippen molar-refractivity contribution >= 4 is 33.9 Å². The first-order chi connectivity index (χ1) is 11.6. The zero-order valence-electron chi connectivity index (χ0n) is 13.3. The van der Waals surface area contributed by atoms with Gasteiger partial charge in [0.1, 0.15) is 5.15 Å². The summed E-state index contributed by atoms with van der Waals surface area (Å²) in [6.07, 6.45) is 5.23. The van der Waals surface area contributed by atoms with Gasteiger partial charge in [0, 0.05) is 48.0 Å². The van der Waals surface area contributed by atoms with Gasteiger partial charge < -0.3 is 5.32 Å². The molecule has 3 aromatic heterocycles. The van der Waals surface area contributed by atoms with Crippen LogP contribution in [0, 0.1) is 12.3 Å². The zero-order valence-corrected chi connectivity index (χ0v) is 14.1. The third-order valence-corrected chi connectivity index (χ3v) is 3.77. The topological polar surface area (TPSA) is 74.6 Å². The molecule has 3 aromatic rings. The minimum atomic E-state index is 0.387. The number of aryl methyl sites for hydroxylation is 1. The van der Waals surface area contributed by atoms with E-state index in [1.807, 2.05) is 31.2 Å². The number of aromatic nitrogens is 3. The minimum Gasteiger partial charge on any atom is -0.393 e. The van der Waals surface area contributed by atoms with Crippen LogP contribution in [0.1, 0.15) is 16.8 Å². The van der Waals surface area contributed by atoms with E-state index in [4.69, 9.17) is 17.0 Å². The molecule has 0 fully saturated rings. The van der Waals surface area contributed by atoms with E-state index >= 15 is 0 Å². The van der Waals surface area contributed by atoms with Crippen molar-refractivity contribution in [2.24, 2.45) is 0 Å². The number of hydrogen-bond acceptors (Lipinski definition) is 5. The highest BCUT2D eigenvalue weighted by atomic mass is 35.5. The van der Waals surface area contributed by atoms with Crippen molar-refractivity contribution in [2.45, 2.75) is 6.92 Å². The third-order valence-electron chi connectivity index (χ3n) is 3.56. The van der Waals surface area contributed by atoms with Gasteiger partial charge in [0.05, 0.1) is 16.7 Å². The Morgan fingerprint density at radius 1 is 1.12 bits per heavy atom. The number of nitrogens with zero attached hydrogens (tertiary/aromatic N) is 3. The van der Waals surface area contributed by atoms with E-state index in [1.54, 1.807) is 31.7 Å². The lowest BCUT2D eigenvalue weighted by molar-refractivity contribution is 1.11. The predicted molar refractivity (Wildman–Crippen MR) is 97.4 cm³/mol. The van der Waals surface area contributed by atoms with Crippen molar-refractivity contribution in [1.82, 2.24) is 20.3 Å². The molecule has 120 valence electrons. The van der Waals surface area contributed by atoms with Crippen LogP contribution < -0.4 is 5.32 Å². The summed E-state index contributed by atoms with van der Waals surface area (Å²) in [6, 6.07) is 9.13. The molecular weight excluding hydrogens is 322 g/mol. The molecule has 0 aliphatic heterocycles. The molecule has 6 heteroatoms. The Bertz CT molecular complexity index is 949. The molecular formula is C18H16ClN5. The lowest BCUT2D eigenvalue weighted by atomic mass is 9.97. The fraction of sp³-hybridized carbons (Fsp3) is 0.111. The second-order valence-corrected chi connectivity index (χ2v) is 5.69. The first-order valence-electron chi connectivity index (χ1n) is 7.40. The number of hydrogen-bond donors (Lipinski definition) is 2. The smallest absolute Gasteiger partial charge is 0.129 e. The van der Waals surface area contributed by atoms with Crippen molar-refractivity contribution < 1.29 is 0 Å². The summed E-state index contributed by atoms with van der Waals surface area (Å²) in [4.78, 5) is 12.9. The van der Waals surface area contributed by atoms with Crippen LogP contribution in [0.4, 0.5) is 0 Å². The van der Waals surface area contributed by atoms with Crippen molar-refractivity contribution in [3.63, 3.8) is 0 Å². The molecule has 0 atom stereocenters. The third kappa shape index (κ3) is 3.26. The molecule has 0 amide bonds. The molecule has 0 unspecified atom stereocenters. The average molecular weight is 338 g/mol. The van der Waals surface area contributed by atoms with E-state index in [0.29, 0.717) is 16.4 Å². The average Bonchev–Trinajstić information content (AvgIpc) is 2.58. The van der Waals surface area contributed by atoms with Crippen molar-refractivity contribution in [2.75, 3.05) is 7.05 Å². The minimum absolute atomic E-state index is 0.387. The SMILES string of the molecule is CN/C=C(\C(=N)c1ccnc(C)c1)c1cnc2ccc(Cl)nc2c1. The summed E-state index contributed by atoms with van der Waals surface area (Å²) in [5, 5.41) is 12.0. The van der Waals surface area contributed by atoms with E-state index in [2.05, 4.69) is 20.3 Å². The number of allylic oxidation sites excluding steroid dienone is 1. The Kier molecular flexibility index (Phi) is 4.53. The highest BCUT2D eigenvalue weighted by Crippen LogP contribution is 2.22. The molecule has 0 aliphatic carbocycles. The lowest BCUT2D eigenvalue weighted by Crippen LogP contribution is -2.08. The largest absolute Gasteiger partial charge is 0.393 e. The van der Waals surface area contributed by atoms with E-state index in [0.717, 1.165) is 27.9 Å². The molecule has 0 bridgehead atoms. The lowest BCUT2D eigenvalue weighted by Gasteiger charge is -2.11. The fourth-order valence-corrected chi connectivity index (χ4v) is 2.58. The van der Waals surface area contributed by atoms with Crippen LogP contribution in [0.25, 0.3) is 16.6 Å². The van der Waals surface area contributed by atoms with Gasteiger partial charge in [-0.25, -0.2) is 4.98 Å². The van der Waals surface area contributed by atoms with E-state index in [1.165, 1.54) is 0 Å². The van der Waals surface area contributed by atoms with E-state index in [9.17, 15) is 0 Å². The van der Waals surface area contributed by atoms with E-state index < -0.39 is 0 Å². The summed E-state index contributed by atoms with van der Waals surface area (Å²) < 4.78 is 0. The van der Waals surface area contributed by atoms with Crippen LogP contribution in [-0.2, 0) is 0 Å². The number of nitrogens with one attached hydrogen (secondary N) is 2. The van der Waals surface area contributed by atoms with Crippen LogP contribution in [-0.4, -0.2) is 27.7 Å². The van der Waals surface area contributed by atoms with Gasteiger partial charge in [0.15, 0.2) is 0 Å². The normalized spacial score (nSPS) is 11.5. The molecule has 3 heterocycles. The van der Waals surface area contributed by atoms with Gasteiger partial charge in [0.25, 0.3) is 0 Å². The van der Waals surface area contributed by atoms with Gasteiger partial charge in [-0.05, 0) is 37.3 Å². The standard InChI is InChI=1S/C18H16ClN5/c1-11-7-12(5-6-22-11)18(20)14(10-21-2)13-8-16-15(23-9-13)3-4-17(19)24-16/h3-10,20-21H,1-2H3/b14-10-,20-18?. The van der Waals surface area contributed by atoms with Gasteiger partial charge in [-0.1, -0.05) is 11.6 Å². The Labute approximate surface area is 145 Å². The Balaban J connectivity index is 2.08. The molecule has 24 heavy (non-hydrogen) atoms. The second-order valence-electron chi connectivity index (χ2n) is 5.30. The van der Waals surface area contributed by atoms with Crippen molar-refractivity contribution in [3.8, 4) is 0 Å². The summed E-state index contributed by atoms with van der Waals surface area (Å²) in [7, 11) is 1.80. The fourth-order valence-electron chi connectivity index (χ4n) is 2.43. The summed E-state index contributed by atoms with van der Waals surface area (Å²) in [6.45, 7) is 1.90. The van der Waals surface area contributed by atoms with Gasteiger partial charge in [0.2, 0.25) is 0 Å². The molecule has 0 saturated heterocycles. The first-order valence-corrected chi connectivity index (χ1v) is 7.78. The van der Waals surface area contributed by atoms with E-state index in [-0.39, 0.29) is 0 Å². The Morgan fingerprint density at radius 2 is 1.96 bits per heavy atom. The maximum absolute atomic E-state index is 8.56. The van der Waals surface area contributed by atoms with Gasteiger partial charge >= 0.3 is 0 Å². The molecule has 0 saturated carbocycles. The molecule has 0 radical (unpaired) electrons. The number of fused-ring (bicyclic) bond motifs is 1. The summed E-state index contributed by atoms with van der Waals surface area (Å²) in [5.74, 6) is 0. The second kappa shape index (κ2) is 6.76. The van der Waals surface area contributed by atoms with Crippen LogP contribution in [0.15, 0.2) is 48.9 Å². The number of rotatable bonds is 4. The van der Waals surface area contributed by atoms with Crippen LogP contribution in [0.2, 0.25) is 5.15 Å². The molecule has 3 rings (SSSR count). The summed E-state index contributed by atoms with van der Waals surface area (Å²) >= 11 is 5.97. The van der Waals surface area contributed by atoms with Gasteiger partial charge in [-0.3, -0.25) is 15.4 Å². The predicted octanol–water partition coefficient (Wildman–Crippen LogP) is 3.61. The van der Waals surface area contributed by atoms with Crippen LogP contribution in [0.3, 0.4) is 0 Å². The highest BCUT2D eigenvalue weighted by molar-refractivity contribution is 6.31. The monoisotopic (exact) mass is 337 g/mol. The van der Waals surface area contributed by atoms with Crippen molar-refractivity contribution in [3.05, 3.63) is 70.9 Å². The number of pyridine rings is 3. The maximum Gasteiger partial charge on any atom is 0.129 e. The Morgan fingerprint density at radius 3 is 2.71 bits per heavy atom. The molecule has 0 aromatic carbocycles. The molecule has 5 nitrogen and oxygen atoms in total. The van der Waals surface area contributed by atoms with Crippen LogP contribution in [0.5, 0.6) is 0 Å². The maximum atomic E-state index is 8.56. The first kappa shape index (κ1) is 16.1. The molecule has 0 spiro atoms. The molecule has 2 N–H and O–H groups in total. The Hall–Kier alpha value is -2.79. The van der Waals surface area contributed by atoms with Gasteiger partial charge in [-0.2, -0.15) is 0 Å². The number of halogens is 1. The molecule has 0 aliphatic rings. The highest BCUT2D eigenvalue weighted by Gasteiger charge is 2.13. The van der Waals surface area contributed by atoms with Crippen LogP contribution >= 0.6 is 11.6 Å².